The maximum atomic E-state index is 5.29. The Morgan fingerprint density at radius 3 is 3.05 bits per heavy atom. The molecule has 0 bridgehead atoms. The summed E-state index contributed by atoms with van der Waals surface area (Å²) in [5.74, 6) is 2.52. The van der Waals surface area contributed by atoms with Gasteiger partial charge in [-0.1, -0.05) is 6.92 Å². The van der Waals surface area contributed by atoms with E-state index in [-0.39, 0.29) is 0 Å². The molecule has 0 spiro atoms. The van der Waals surface area contributed by atoms with Crippen LogP contribution in [-0.2, 0) is 11.3 Å². The molecule has 0 aromatic carbocycles. The summed E-state index contributed by atoms with van der Waals surface area (Å²) in [6, 6.07) is 2.02. The number of nitrogens with one attached hydrogen (secondary N) is 1. The zero-order chi connectivity index (χ0) is 15.1. The summed E-state index contributed by atoms with van der Waals surface area (Å²) in [5.41, 5.74) is 1.03. The predicted octanol–water partition coefficient (Wildman–Crippen LogP) is 2.47. The van der Waals surface area contributed by atoms with Crippen molar-refractivity contribution in [3.8, 4) is 0 Å². The fourth-order valence-corrected chi connectivity index (χ4v) is 2.91. The van der Waals surface area contributed by atoms with E-state index < -0.39 is 0 Å². The maximum absolute atomic E-state index is 5.29. The van der Waals surface area contributed by atoms with Gasteiger partial charge in [-0.15, -0.1) is 0 Å². The highest BCUT2D eigenvalue weighted by Crippen LogP contribution is 2.18. The number of methoxy groups -OCH3 is 1. The molecule has 1 saturated heterocycles. The van der Waals surface area contributed by atoms with Crippen molar-refractivity contribution in [2.24, 2.45) is 5.92 Å². The molecule has 1 aromatic rings. The van der Waals surface area contributed by atoms with Crippen molar-refractivity contribution in [2.45, 2.75) is 39.7 Å². The van der Waals surface area contributed by atoms with Crippen LogP contribution in [0.4, 0.5) is 5.82 Å². The lowest BCUT2D eigenvalue weighted by molar-refractivity contribution is 0.0861. The molecule has 1 aromatic heterocycles. The lowest BCUT2D eigenvalue weighted by Gasteiger charge is -2.31. The molecular weight excluding hydrogens is 264 g/mol. The van der Waals surface area contributed by atoms with E-state index in [1.165, 1.54) is 12.8 Å². The fraction of sp³-hybridized carbons (Fsp3) is 0.750. The number of aromatic nitrogens is 2. The molecule has 1 unspecified atom stereocenters. The van der Waals surface area contributed by atoms with E-state index in [1.54, 1.807) is 7.11 Å². The van der Waals surface area contributed by atoms with Gasteiger partial charge < -0.3 is 10.1 Å². The number of hydrogen-bond donors (Lipinski definition) is 1. The maximum Gasteiger partial charge on any atom is 0.144 e. The van der Waals surface area contributed by atoms with Gasteiger partial charge in [0.25, 0.3) is 0 Å². The number of piperidine rings is 1. The zero-order valence-electron chi connectivity index (χ0n) is 13.6. The Hall–Kier alpha value is -1.20. The van der Waals surface area contributed by atoms with E-state index in [2.05, 4.69) is 27.1 Å². The highest BCUT2D eigenvalue weighted by Gasteiger charge is 2.20. The minimum atomic E-state index is 0.645. The second kappa shape index (κ2) is 8.29. The zero-order valence-corrected chi connectivity index (χ0v) is 13.6. The van der Waals surface area contributed by atoms with Crippen molar-refractivity contribution >= 4 is 5.82 Å². The van der Waals surface area contributed by atoms with Gasteiger partial charge in [-0.3, -0.25) is 4.90 Å². The Morgan fingerprint density at radius 1 is 1.43 bits per heavy atom. The Balaban J connectivity index is 1.96. The van der Waals surface area contributed by atoms with Gasteiger partial charge in [0.05, 0.1) is 13.2 Å². The normalized spacial score (nSPS) is 19.7. The van der Waals surface area contributed by atoms with E-state index >= 15 is 0 Å². The Bertz CT molecular complexity index is 436. The SMILES string of the molecule is CCCNc1cc(C)nc(CN2CCCC(COC)C2)n1. The van der Waals surface area contributed by atoms with Gasteiger partial charge >= 0.3 is 0 Å². The van der Waals surface area contributed by atoms with Crippen LogP contribution in [0.3, 0.4) is 0 Å². The van der Waals surface area contributed by atoms with Crippen LogP contribution in [0.25, 0.3) is 0 Å². The summed E-state index contributed by atoms with van der Waals surface area (Å²) in [4.78, 5) is 11.7. The lowest BCUT2D eigenvalue weighted by Crippen LogP contribution is -2.37. The number of anilines is 1. The molecule has 1 atom stereocenters. The van der Waals surface area contributed by atoms with Gasteiger partial charge in [0.2, 0.25) is 0 Å². The largest absolute Gasteiger partial charge is 0.384 e. The van der Waals surface area contributed by atoms with Crippen molar-refractivity contribution in [1.82, 2.24) is 14.9 Å². The molecule has 0 aliphatic carbocycles. The van der Waals surface area contributed by atoms with Gasteiger partial charge in [-0.25, -0.2) is 9.97 Å². The fourth-order valence-electron chi connectivity index (χ4n) is 2.91. The van der Waals surface area contributed by atoms with Gasteiger partial charge in [-0.05, 0) is 38.6 Å². The molecule has 1 fully saturated rings. The molecule has 1 N–H and O–H groups in total. The highest BCUT2D eigenvalue weighted by atomic mass is 16.5. The molecule has 2 rings (SSSR count). The first-order valence-corrected chi connectivity index (χ1v) is 8.01. The Morgan fingerprint density at radius 2 is 2.29 bits per heavy atom. The van der Waals surface area contributed by atoms with Crippen molar-refractivity contribution in [3.63, 3.8) is 0 Å². The molecule has 21 heavy (non-hydrogen) atoms. The topological polar surface area (TPSA) is 50.3 Å². The predicted molar refractivity (Wildman–Crippen MR) is 85.4 cm³/mol. The van der Waals surface area contributed by atoms with E-state index in [1.807, 2.05) is 13.0 Å². The van der Waals surface area contributed by atoms with Crippen LogP contribution in [0.5, 0.6) is 0 Å². The molecule has 2 heterocycles. The standard InChI is InChI=1S/C16H28N4O/c1-4-7-17-15-9-13(2)18-16(19-15)11-20-8-5-6-14(10-20)12-21-3/h9,14H,4-8,10-12H2,1-3H3,(H,17,18,19). The molecule has 0 radical (unpaired) electrons. The summed E-state index contributed by atoms with van der Waals surface area (Å²) in [5, 5.41) is 3.35. The van der Waals surface area contributed by atoms with Crippen LogP contribution in [-0.4, -0.2) is 48.2 Å². The number of likely N-dealkylation sites (tertiary alicyclic amines) is 1. The van der Waals surface area contributed by atoms with Crippen molar-refractivity contribution in [3.05, 3.63) is 17.6 Å². The smallest absolute Gasteiger partial charge is 0.144 e. The summed E-state index contributed by atoms with van der Waals surface area (Å²) in [6.45, 7) is 9.06. The molecule has 5 heteroatoms. The summed E-state index contributed by atoms with van der Waals surface area (Å²) in [7, 11) is 1.79. The van der Waals surface area contributed by atoms with Crippen LogP contribution in [0.1, 0.15) is 37.7 Å². The third kappa shape index (κ3) is 5.25. The number of hydrogen-bond acceptors (Lipinski definition) is 5. The monoisotopic (exact) mass is 292 g/mol. The van der Waals surface area contributed by atoms with Crippen LogP contribution in [0.15, 0.2) is 6.07 Å². The molecule has 0 amide bonds. The Kier molecular flexibility index (Phi) is 6.39. The summed E-state index contributed by atoms with van der Waals surface area (Å²) < 4.78 is 5.29. The van der Waals surface area contributed by atoms with Gasteiger partial charge in [0, 0.05) is 32.0 Å². The number of ether oxygens (including phenoxy) is 1. The van der Waals surface area contributed by atoms with Gasteiger partial charge in [0.15, 0.2) is 0 Å². The molecule has 118 valence electrons. The third-order valence-corrected chi connectivity index (χ3v) is 3.83. The average Bonchev–Trinajstić information content (AvgIpc) is 2.45. The second-order valence-corrected chi connectivity index (χ2v) is 5.94. The third-order valence-electron chi connectivity index (χ3n) is 3.83. The summed E-state index contributed by atoms with van der Waals surface area (Å²) in [6.07, 6.45) is 3.60. The van der Waals surface area contributed by atoms with E-state index in [0.29, 0.717) is 5.92 Å². The van der Waals surface area contributed by atoms with E-state index in [4.69, 9.17) is 4.74 Å². The number of nitrogens with zero attached hydrogens (tertiary/aromatic N) is 3. The minimum Gasteiger partial charge on any atom is -0.384 e. The average molecular weight is 292 g/mol. The Labute approximate surface area is 128 Å². The van der Waals surface area contributed by atoms with Crippen LogP contribution < -0.4 is 5.32 Å². The lowest BCUT2D eigenvalue weighted by atomic mass is 9.99. The molecule has 1 aliphatic heterocycles. The first-order valence-electron chi connectivity index (χ1n) is 8.01. The molecule has 0 saturated carbocycles. The first-order chi connectivity index (χ1) is 10.2. The molecule has 1 aliphatic rings. The molecular formula is C16H28N4O. The van der Waals surface area contributed by atoms with Crippen molar-refractivity contribution in [1.29, 1.82) is 0 Å². The first kappa shape index (κ1) is 16.2. The van der Waals surface area contributed by atoms with Gasteiger partial charge in [0.1, 0.15) is 11.6 Å². The minimum absolute atomic E-state index is 0.645. The summed E-state index contributed by atoms with van der Waals surface area (Å²) >= 11 is 0. The number of rotatable bonds is 7. The number of aryl methyl sites for hydroxylation is 1. The van der Waals surface area contributed by atoms with E-state index in [9.17, 15) is 0 Å². The van der Waals surface area contributed by atoms with Crippen LogP contribution >= 0.6 is 0 Å². The van der Waals surface area contributed by atoms with Gasteiger partial charge in [-0.2, -0.15) is 0 Å². The van der Waals surface area contributed by atoms with E-state index in [0.717, 1.165) is 56.5 Å². The van der Waals surface area contributed by atoms with Crippen molar-refractivity contribution < 1.29 is 4.74 Å². The molecule has 5 nitrogen and oxygen atoms in total. The van der Waals surface area contributed by atoms with Crippen LogP contribution in [0, 0.1) is 12.8 Å². The highest BCUT2D eigenvalue weighted by molar-refractivity contribution is 5.35. The van der Waals surface area contributed by atoms with Crippen LogP contribution in [0.2, 0.25) is 0 Å². The van der Waals surface area contributed by atoms with Crippen molar-refractivity contribution in [2.75, 3.05) is 38.7 Å². The quantitative estimate of drug-likeness (QED) is 0.836. The second-order valence-electron chi connectivity index (χ2n) is 5.94.